The minimum atomic E-state index is -4.26. The SMILES string of the molecule is CC/C=C\C/C=C\C/C=C\C/C=C\C/C=C\C/C=C\C/C=C\CCCCCCCC(=O)OCC(O)COP(=O)(O)OCC[N+](C)(C)C. The number of quaternary nitrogens is 1. The second-order valence-electron chi connectivity index (χ2n) is 12.4. The van der Waals surface area contributed by atoms with Crippen LogP contribution in [-0.4, -0.2) is 74.1 Å². The first kappa shape index (κ1) is 44.7. The van der Waals surface area contributed by atoms with Gasteiger partial charge in [0.15, 0.2) is 0 Å². The summed E-state index contributed by atoms with van der Waals surface area (Å²) in [6.07, 6.45) is 43.1. The average Bonchev–Trinajstić information content (AvgIpc) is 3.01. The maximum Gasteiger partial charge on any atom is 0.472 e. The molecule has 268 valence electrons. The molecule has 47 heavy (non-hydrogen) atoms. The van der Waals surface area contributed by atoms with Crippen LogP contribution in [0.25, 0.3) is 0 Å². The van der Waals surface area contributed by atoms with Gasteiger partial charge in [0, 0.05) is 6.42 Å². The molecule has 0 saturated heterocycles. The standard InChI is InChI=1S/C38H64NO7P/c1-5-6-7-8-9-10-11-12-13-14-15-16-17-18-19-20-21-22-23-24-25-26-27-28-29-30-31-32-38(41)44-35-37(40)36-46-47(42,43)45-34-33-39(2,3)4/h6-7,9-10,12-13,15-16,18-19,21-22,24-25,37,40H,5,8,11,14,17,20,23,26-36H2,1-4H3/p+1/b7-6-,10-9-,13-12-,16-15-,19-18-,22-21-,25-24-. The normalized spacial score (nSPS) is 15.1. The summed E-state index contributed by atoms with van der Waals surface area (Å²) in [5.74, 6) is -0.396. The maximum atomic E-state index is 11.9. The molecule has 2 unspecified atom stereocenters. The van der Waals surface area contributed by atoms with Crippen molar-refractivity contribution >= 4 is 13.8 Å². The minimum Gasteiger partial charge on any atom is -0.463 e. The number of hydrogen-bond acceptors (Lipinski definition) is 6. The molecular formula is C38H65NO7P+. The molecule has 0 heterocycles. The molecule has 0 aromatic heterocycles. The lowest BCUT2D eigenvalue weighted by molar-refractivity contribution is -0.870. The highest BCUT2D eigenvalue weighted by molar-refractivity contribution is 7.47. The van der Waals surface area contributed by atoms with E-state index in [1.54, 1.807) is 0 Å². The number of carbonyl (C=O) groups is 1. The first-order valence-corrected chi connectivity index (χ1v) is 18.9. The molecule has 0 saturated carbocycles. The van der Waals surface area contributed by atoms with Crippen molar-refractivity contribution in [2.75, 3.05) is 47.5 Å². The Kier molecular flexibility index (Phi) is 29.4. The summed E-state index contributed by atoms with van der Waals surface area (Å²) in [5, 5.41) is 9.88. The van der Waals surface area contributed by atoms with Crippen LogP contribution >= 0.6 is 7.82 Å². The smallest absolute Gasteiger partial charge is 0.463 e. The fourth-order valence-corrected chi connectivity index (χ4v) is 4.68. The van der Waals surface area contributed by atoms with Crippen LogP contribution in [0.4, 0.5) is 0 Å². The van der Waals surface area contributed by atoms with Crippen molar-refractivity contribution in [1.29, 1.82) is 0 Å². The topological polar surface area (TPSA) is 102 Å². The molecule has 0 aliphatic heterocycles. The van der Waals surface area contributed by atoms with Crippen molar-refractivity contribution in [1.82, 2.24) is 0 Å². The van der Waals surface area contributed by atoms with E-state index in [1.165, 1.54) is 0 Å². The number of rotatable bonds is 30. The molecule has 0 spiro atoms. The van der Waals surface area contributed by atoms with Gasteiger partial charge in [-0.05, 0) is 64.2 Å². The molecule has 0 aliphatic carbocycles. The molecule has 0 radical (unpaired) electrons. The first-order valence-electron chi connectivity index (χ1n) is 17.4. The Balaban J connectivity index is 3.65. The van der Waals surface area contributed by atoms with Crippen LogP contribution in [0.5, 0.6) is 0 Å². The van der Waals surface area contributed by atoms with E-state index in [9.17, 15) is 19.4 Å². The van der Waals surface area contributed by atoms with E-state index < -0.39 is 26.5 Å². The van der Waals surface area contributed by atoms with Gasteiger partial charge in [0.2, 0.25) is 0 Å². The Morgan fingerprint density at radius 1 is 0.660 bits per heavy atom. The van der Waals surface area contributed by atoms with Crippen molar-refractivity contribution in [3.8, 4) is 0 Å². The third kappa shape index (κ3) is 36.4. The molecule has 0 aromatic rings. The van der Waals surface area contributed by atoms with Gasteiger partial charge in [-0.2, -0.15) is 0 Å². The van der Waals surface area contributed by atoms with Gasteiger partial charge >= 0.3 is 13.8 Å². The fourth-order valence-electron chi connectivity index (χ4n) is 3.93. The van der Waals surface area contributed by atoms with Crippen LogP contribution in [0, 0.1) is 0 Å². The van der Waals surface area contributed by atoms with E-state index in [1.807, 2.05) is 21.1 Å². The average molecular weight is 679 g/mol. The lowest BCUT2D eigenvalue weighted by Gasteiger charge is -2.24. The summed E-state index contributed by atoms with van der Waals surface area (Å²) < 4.78 is 27.1. The molecule has 9 heteroatoms. The molecule has 0 amide bonds. The van der Waals surface area contributed by atoms with Crippen molar-refractivity contribution < 1.29 is 37.6 Å². The molecule has 0 bridgehead atoms. The Labute approximate surface area is 286 Å². The van der Waals surface area contributed by atoms with Gasteiger partial charge in [-0.25, -0.2) is 4.57 Å². The van der Waals surface area contributed by atoms with Gasteiger partial charge < -0.3 is 19.2 Å². The summed E-state index contributed by atoms with van der Waals surface area (Å²) in [6.45, 7) is 1.98. The number of allylic oxidation sites excluding steroid dienone is 14. The number of phosphoric acid groups is 1. The summed E-state index contributed by atoms with van der Waals surface area (Å²) in [7, 11) is 1.53. The van der Waals surface area contributed by atoms with Gasteiger partial charge in [0.1, 0.15) is 25.9 Å². The Bertz CT molecular complexity index is 1020. The van der Waals surface area contributed by atoms with Crippen molar-refractivity contribution in [3.05, 3.63) is 85.1 Å². The van der Waals surface area contributed by atoms with E-state index in [4.69, 9.17) is 13.8 Å². The maximum absolute atomic E-state index is 11.9. The third-order valence-electron chi connectivity index (χ3n) is 6.67. The van der Waals surface area contributed by atoms with Gasteiger partial charge in [-0.1, -0.05) is 111 Å². The van der Waals surface area contributed by atoms with E-state index in [-0.39, 0.29) is 19.6 Å². The Morgan fingerprint density at radius 2 is 1.11 bits per heavy atom. The van der Waals surface area contributed by atoms with Crippen LogP contribution in [0.1, 0.15) is 96.8 Å². The van der Waals surface area contributed by atoms with Gasteiger partial charge in [0.25, 0.3) is 0 Å². The van der Waals surface area contributed by atoms with Crippen LogP contribution in [0.15, 0.2) is 85.1 Å². The molecule has 0 rings (SSSR count). The lowest BCUT2D eigenvalue weighted by Crippen LogP contribution is -2.37. The number of hydrogen-bond donors (Lipinski definition) is 2. The number of nitrogens with zero attached hydrogens (tertiary/aromatic N) is 1. The number of phosphoric ester groups is 1. The highest BCUT2D eigenvalue weighted by Gasteiger charge is 2.24. The molecule has 8 nitrogen and oxygen atoms in total. The van der Waals surface area contributed by atoms with Gasteiger partial charge in [-0.15, -0.1) is 0 Å². The van der Waals surface area contributed by atoms with E-state index in [2.05, 4.69) is 92.0 Å². The predicted octanol–water partition coefficient (Wildman–Crippen LogP) is 9.11. The zero-order chi connectivity index (χ0) is 34.9. The number of ether oxygens (including phenoxy) is 1. The van der Waals surface area contributed by atoms with Gasteiger partial charge in [-0.3, -0.25) is 13.8 Å². The van der Waals surface area contributed by atoms with E-state index in [0.29, 0.717) is 11.0 Å². The second-order valence-corrected chi connectivity index (χ2v) is 13.8. The van der Waals surface area contributed by atoms with Gasteiger partial charge in [0.05, 0.1) is 27.7 Å². The molecule has 0 fully saturated rings. The van der Waals surface area contributed by atoms with Crippen molar-refractivity contribution in [2.24, 2.45) is 0 Å². The largest absolute Gasteiger partial charge is 0.472 e. The van der Waals surface area contributed by atoms with Crippen molar-refractivity contribution in [2.45, 2.75) is 103 Å². The predicted molar refractivity (Wildman–Crippen MR) is 196 cm³/mol. The zero-order valence-corrected chi connectivity index (χ0v) is 30.6. The molecular weight excluding hydrogens is 613 g/mol. The lowest BCUT2D eigenvalue weighted by atomic mass is 10.1. The zero-order valence-electron chi connectivity index (χ0n) is 29.7. The number of likely N-dealkylation sites (N-methyl/N-ethyl adjacent to an activating group) is 1. The number of aliphatic hydroxyl groups excluding tert-OH is 1. The summed E-state index contributed by atoms with van der Waals surface area (Å²) >= 11 is 0. The monoisotopic (exact) mass is 678 g/mol. The summed E-state index contributed by atoms with van der Waals surface area (Å²) in [6, 6.07) is 0. The third-order valence-corrected chi connectivity index (χ3v) is 7.65. The van der Waals surface area contributed by atoms with Crippen LogP contribution in [0.2, 0.25) is 0 Å². The Morgan fingerprint density at radius 3 is 1.60 bits per heavy atom. The fraction of sp³-hybridized carbons (Fsp3) is 0.605. The molecule has 0 aromatic carbocycles. The number of unbranched alkanes of at least 4 members (excludes halogenated alkanes) is 5. The highest BCUT2D eigenvalue weighted by atomic mass is 31.2. The molecule has 0 aliphatic rings. The first-order chi connectivity index (χ1) is 22.6. The highest BCUT2D eigenvalue weighted by Crippen LogP contribution is 2.43. The van der Waals surface area contributed by atoms with Crippen molar-refractivity contribution in [3.63, 3.8) is 0 Å². The van der Waals surface area contributed by atoms with Crippen LogP contribution in [0.3, 0.4) is 0 Å². The van der Waals surface area contributed by atoms with Crippen LogP contribution in [-0.2, 0) is 23.1 Å². The Hall–Kier alpha value is -2.32. The number of carbonyl (C=O) groups excluding carboxylic acids is 1. The number of esters is 1. The van der Waals surface area contributed by atoms with Crippen LogP contribution < -0.4 is 0 Å². The summed E-state index contributed by atoms with van der Waals surface area (Å²) in [5.41, 5.74) is 0. The second kappa shape index (κ2) is 31.0. The minimum absolute atomic E-state index is 0.0458. The summed E-state index contributed by atoms with van der Waals surface area (Å²) in [4.78, 5) is 21.6. The van der Waals surface area contributed by atoms with E-state index in [0.717, 1.165) is 83.5 Å². The number of aliphatic hydroxyl groups is 1. The molecule has 2 N–H and O–H groups in total. The quantitative estimate of drug-likeness (QED) is 0.0257. The molecule has 2 atom stereocenters. The van der Waals surface area contributed by atoms with E-state index >= 15 is 0 Å².